The SMILES string of the molecule is CCOC(=O)c1c(C)cc(O)cc1-c1ccccc1. The zero-order valence-electron chi connectivity index (χ0n) is 11.0. The van der Waals surface area contributed by atoms with Gasteiger partial charge in [0.05, 0.1) is 12.2 Å². The largest absolute Gasteiger partial charge is 0.508 e. The molecular formula is C16H16O3. The molecule has 0 saturated carbocycles. The third kappa shape index (κ3) is 2.76. The number of phenolic OH excluding ortho intramolecular Hbond substituents is 1. The van der Waals surface area contributed by atoms with Crippen molar-refractivity contribution in [1.82, 2.24) is 0 Å². The maximum absolute atomic E-state index is 12.1. The quantitative estimate of drug-likeness (QED) is 0.854. The van der Waals surface area contributed by atoms with Crippen molar-refractivity contribution in [3.8, 4) is 16.9 Å². The third-order valence-corrected chi connectivity index (χ3v) is 2.88. The summed E-state index contributed by atoms with van der Waals surface area (Å²) in [6, 6.07) is 12.7. The maximum Gasteiger partial charge on any atom is 0.339 e. The highest BCUT2D eigenvalue weighted by Gasteiger charge is 2.17. The van der Waals surface area contributed by atoms with E-state index in [4.69, 9.17) is 4.74 Å². The van der Waals surface area contributed by atoms with Gasteiger partial charge in [0.2, 0.25) is 0 Å². The van der Waals surface area contributed by atoms with Crippen LogP contribution in [0.2, 0.25) is 0 Å². The lowest BCUT2D eigenvalue weighted by Crippen LogP contribution is -2.08. The monoisotopic (exact) mass is 256 g/mol. The van der Waals surface area contributed by atoms with Crippen molar-refractivity contribution >= 4 is 5.97 Å². The van der Waals surface area contributed by atoms with Gasteiger partial charge in [-0.3, -0.25) is 0 Å². The van der Waals surface area contributed by atoms with Crippen LogP contribution in [-0.2, 0) is 4.74 Å². The summed E-state index contributed by atoms with van der Waals surface area (Å²) in [7, 11) is 0. The van der Waals surface area contributed by atoms with Crippen molar-refractivity contribution < 1.29 is 14.6 Å². The van der Waals surface area contributed by atoms with E-state index < -0.39 is 0 Å². The van der Waals surface area contributed by atoms with Crippen LogP contribution in [0, 0.1) is 6.92 Å². The maximum atomic E-state index is 12.1. The Labute approximate surface area is 112 Å². The van der Waals surface area contributed by atoms with Gasteiger partial charge >= 0.3 is 5.97 Å². The van der Waals surface area contributed by atoms with Crippen molar-refractivity contribution in [3.63, 3.8) is 0 Å². The lowest BCUT2D eigenvalue weighted by molar-refractivity contribution is 0.0526. The zero-order valence-corrected chi connectivity index (χ0v) is 11.0. The van der Waals surface area contributed by atoms with Crippen LogP contribution < -0.4 is 0 Å². The number of benzene rings is 2. The van der Waals surface area contributed by atoms with Crippen molar-refractivity contribution in [2.75, 3.05) is 6.61 Å². The van der Waals surface area contributed by atoms with Crippen molar-refractivity contribution in [2.45, 2.75) is 13.8 Å². The number of carbonyl (C=O) groups is 1. The highest BCUT2D eigenvalue weighted by atomic mass is 16.5. The molecule has 0 aliphatic heterocycles. The van der Waals surface area contributed by atoms with Gasteiger partial charge in [0, 0.05) is 5.56 Å². The van der Waals surface area contributed by atoms with E-state index in [1.54, 1.807) is 26.0 Å². The second-order valence-electron chi connectivity index (χ2n) is 4.27. The number of ether oxygens (including phenoxy) is 1. The molecule has 2 aromatic carbocycles. The van der Waals surface area contributed by atoms with E-state index in [1.807, 2.05) is 30.3 Å². The summed E-state index contributed by atoms with van der Waals surface area (Å²) in [5.74, 6) is -0.219. The highest BCUT2D eigenvalue weighted by Crippen LogP contribution is 2.30. The van der Waals surface area contributed by atoms with Gasteiger partial charge in [0.1, 0.15) is 5.75 Å². The first-order valence-corrected chi connectivity index (χ1v) is 6.19. The van der Waals surface area contributed by atoms with Crippen LogP contribution in [0.25, 0.3) is 11.1 Å². The fourth-order valence-electron chi connectivity index (χ4n) is 2.09. The second kappa shape index (κ2) is 5.57. The molecule has 0 unspecified atom stereocenters. The number of rotatable bonds is 3. The van der Waals surface area contributed by atoms with Gasteiger partial charge in [0.25, 0.3) is 0 Å². The van der Waals surface area contributed by atoms with Crippen LogP contribution in [0.4, 0.5) is 0 Å². The zero-order chi connectivity index (χ0) is 13.8. The molecule has 19 heavy (non-hydrogen) atoms. The summed E-state index contributed by atoms with van der Waals surface area (Å²) >= 11 is 0. The predicted molar refractivity (Wildman–Crippen MR) is 74.2 cm³/mol. The summed E-state index contributed by atoms with van der Waals surface area (Å²) in [6.07, 6.45) is 0. The topological polar surface area (TPSA) is 46.5 Å². The van der Waals surface area contributed by atoms with Crippen LogP contribution in [0.3, 0.4) is 0 Å². The van der Waals surface area contributed by atoms with E-state index in [9.17, 15) is 9.90 Å². The third-order valence-electron chi connectivity index (χ3n) is 2.88. The van der Waals surface area contributed by atoms with Crippen molar-refractivity contribution in [3.05, 3.63) is 53.6 Å². The molecule has 0 radical (unpaired) electrons. The van der Waals surface area contributed by atoms with E-state index in [0.29, 0.717) is 23.3 Å². The first-order valence-electron chi connectivity index (χ1n) is 6.19. The van der Waals surface area contributed by atoms with Gasteiger partial charge in [-0.05, 0) is 37.1 Å². The Kier molecular flexibility index (Phi) is 3.85. The van der Waals surface area contributed by atoms with Gasteiger partial charge < -0.3 is 9.84 Å². The van der Waals surface area contributed by atoms with Gasteiger partial charge in [-0.25, -0.2) is 4.79 Å². The van der Waals surface area contributed by atoms with Crippen LogP contribution in [-0.4, -0.2) is 17.7 Å². The van der Waals surface area contributed by atoms with E-state index in [2.05, 4.69) is 0 Å². The standard InChI is InChI=1S/C16H16O3/c1-3-19-16(18)15-11(2)9-13(17)10-14(15)12-7-5-4-6-8-12/h4-10,17H,3H2,1-2H3. The molecule has 0 aliphatic rings. The Hall–Kier alpha value is -2.29. The Morgan fingerprint density at radius 1 is 1.21 bits per heavy atom. The first-order chi connectivity index (χ1) is 9.13. The molecule has 1 N–H and O–H groups in total. The number of aryl methyl sites for hydroxylation is 1. The highest BCUT2D eigenvalue weighted by molar-refractivity contribution is 5.99. The number of esters is 1. The molecule has 0 saturated heterocycles. The Balaban J connectivity index is 2.62. The number of carbonyl (C=O) groups excluding carboxylic acids is 1. The molecule has 3 heteroatoms. The normalized spacial score (nSPS) is 10.2. The van der Waals surface area contributed by atoms with Gasteiger partial charge in [-0.1, -0.05) is 30.3 Å². The van der Waals surface area contributed by atoms with E-state index in [0.717, 1.165) is 5.56 Å². The van der Waals surface area contributed by atoms with E-state index in [1.165, 1.54) is 0 Å². The average Bonchev–Trinajstić information content (AvgIpc) is 2.39. The summed E-state index contributed by atoms with van der Waals surface area (Å²) < 4.78 is 5.09. The minimum absolute atomic E-state index is 0.143. The van der Waals surface area contributed by atoms with Crippen molar-refractivity contribution in [2.24, 2.45) is 0 Å². The van der Waals surface area contributed by atoms with Crippen molar-refractivity contribution in [1.29, 1.82) is 0 Å². The Morgan fingerprint density at radius 3 is 2.53 bits per heavy atom. The van der Waals surface area contributed by atoms with Gasteiger partial charge in [-0.15, -0.1) is 0 Å². The van der Waals surface area contributed by atoms with Crippen LogP contribution in [0.15, 0.2) is 42.5 Å². The molecule has 0 fully saturated rings. The summed E-state index contributed by atoms with van der Waals surface area (Å²) in [5.41, 5.74) is 2.78. The molecule has 0 aromatic heterocycles. The van der Waals surface area contributed by atoms with Gasteiger partial charge in [-0.2, -0.15) is 0 Å². The molecule has 0 heterocycles. The smallest absolute Gasteiger partial charge is 0.339 e. The van der Waals surface area contributed by atoms with Crippen LogP contribution >= 0.6 is 0 Å². The number of hydrogen-bond acceptors (Lipinski definition) is 3. The Bertz CT molecular complexity index is 588. The molecule has 0 atom stereocenters. The molecule has 3 nitrogen and oxygen atoms in total. The molecular weight excluding hydrogens is 240 g/mol. The van der Waals surface area contributed by atoms with Crippen LogP contribution in [0.1, 0.15) is 22.8 Å². The second-order valence-corrected chi connectivity index (χ2v) is 4.27. The Morgan fingerprint density at radius 2 is 1.89 bits per heavy atom. The fraction of sp³-hybridized carbons (Fsp3) is 0.188. The molecule has 0 amide bonds. The number of phenols is 1. The molecule has 98 valence electrons. The molecule has 2 aromatic rings. The van der Waals surface area contributed by atoms with Crippen LogP contribution in [0.5, 0.6) is 5.75 Å². The van der Waals surface area contributed by atoms with E-state index in [-0.39, 0.29) is 11.7 Å². The minimum Gasteiger partial charge on any atom is -0.508 e. The molecule has 2 rings (SSSR count). The number of aromatic hydroxyl groups is 1. The number of hydrogen-bond donors (Lipinski definition) is 1. The molecule has 0 bridgehead atoms. The summed E-state index contributed by atoms with van der Waals surface area (Å²) in [6.45, 7) is 3.89. The lowest BCUT2D eigenvalue weighted by atomic mass is 9.95. The minimum atomic E-state index is -0.362. The average molecular weight is 256 g/mol. The summed E-state index contributed by atoms with van der Waals surface area (Å²) in [4.78, 5) is 12.1. The van der Waals surface area contributed by atoms with E-state index >= 15 is 0 Å². The van der Waals surface area contributed by atoms with Gasteiger partial charge in [0.15, 0.2) is 0 Å². The predicted octanol–water partition coefficient (Wildman–Crippen LogP) is 3.54. The fourth-order valence-corrected chi connectivity index (χ4v) is 2.09. The lowest BCUT2D eigenvalue weighted by Gasteiger charge is -2.12. The summed E-state index contributed by atoms with van der Waals surface area (Å²) in [5, 5.41) is 9.74. The molecule has 0 aliphatic carbocycles. The molecule has 0 spiro atoms. The first kappa shape index (κ1) is 13.1.